The van der Waals surface area contributed by atoms with Crippen molar-refractivity contribution in [2.45, 2.75) is 32.0 Å². The number of hydrogen-bond acceptors (Lipinski definition) is 4. The number of aliphatic hydroxyl groups is 1. The minimum absolute atomic E-state index is 0.141. The number of hydrogen-bond donors (Lipinski definition) is 1. The molecule has 3 heterocycles. The molecule has 0 fully saturated rings. The standard InChI is InChI=1S/C20H21N3O2S/c24-19(10-15-4-2-1-3-5-15)18-12-17-13-22(7-8-23(17)21-18)20(25)11-16-6-9-26-14-16/h1-6,9,12,14,19,24H,7-8,10-11,13H2/t19-/m1/s1. The van der Waals surface area contributed by atoms with Crippen LogP contribution in [0.15, 0.2) is 53.2 Å². The maximum Gasteiger partial charge on any atom is 0.227 e. The lowest BCUT2D eigenvalue weighted by atomic mass is 10.1. The molecule has 6 heteroatoms. The van der Waals surface area contributed by atoms with Gasteiger partial charge < -0.3 is 10.0 Å². The van der Waals surface area contributed by atoms with Crippen LogP contribution in [0.5, 0.6) is 0 Å². The highest BCUT2D eigenvalue weighted by atomic mass is 32.1. The molecule has 2 aromatic heterocycles. The number of carbonyl (C=O) groups is 1. The molecular weight excluding hydrogens is 346 g/mol. The van der Waals surface area contributed by atoms with E-state index in [1.165, 1.54) is 0 Å². The highest BCUT2D eigenvalue weighted by molar-refractivity contribution is 7.08. The van der Waals surface area contributed by atoms with E-state index in [2.05, 4.69) is 5.10 Å². The van der Waals surface area contributed by atoms with Crippen molar-refractivity contribution in [2.75, 3.05) is 6.54 Å². The monoisotopic (exact) mass is 367 g/mol. The number of fused-ring (bicyclic) bond motifs is 1. The fourth-order valence-corrected chi connectivity index (χ4v) is 3.95. The number of rotatable bonds is 5. The van der Waals surface area contributed by atoms with E-state index in [-0.39, 0.29) is 5.91 Å². The van der Waals surface area contributed by atoms with Crippen LogP contribution in [-0.4, -0.2) is 32.2 Å². The maximum absolute atomic E-state index is 12.5. The first-order chi connectivity index (χ1) is 12.7. The van der Waals surface area contributed by atoms with Crippen LogP contribution in [0.4, 0.5) is 0 Å². The molecule has 4 rings (SSSR count). The lowest BCUT2D eigenvalue weighted by Gasteiger charge is -2.27. The van der Waals surface area contributed by atoms with Crippen molar-refractivity contribution < 1.29 is 9.90 Å². The minimum Gasteiger partial charge on any atom is -0.386 e. The van der Waals surface area contributed by atoms with Gasteiger partial charge in [0.1, 0.15) is 6.10 Å². The van der Waals surface area contributed by atoms with Crippen molar-refractivity contribution in [3.63, 3.8) is 0 Å². The van der Waals surface area contributed by atoms with E-state index in [9.17, 15) is 9.90 Å². The van der Waals surface area contributed by atoms with Crippen LogP contribution in [0.25, 0.3) is 0 Å². The minimum atomic E-state index is -0.634. The third kappa shape index (κ3) is 3.71. The van der Waals surface area contributed by atoms with Crippen LogP contribution in [0.2, 0.25) is 0 Å². The third-order valence-electron chi connectivity index (χ3n) is 4.72. The summed E-state index contributed by atoms with van der Waals surface area (Å²) in [5, 5.41) is 19.1. The van der Waals surface area contributed by atoms with E-state index in [0.29, 0.717) is 38.2 Å². The molecule has 1 aliphatic heterocycles. The number of benzene rings is 1. The fraction of sp³-hybridized carbons (Fsp3) is 0.300. The Morgan fingerprint density at radius 1 is 1.19 bits per heavy atom. The summed E-state index contributed by atoms with van der Waals surface area (Å²) >= 11 is 1.61. The molecule has 3 aromatic rings. The topological polar surface area (TPSA) is 58.4 Å². The zero-order valence-electron chi connectivity index (χ0n) is 14.4. The molecule has 0 aliphatic carbocycles. The molecule has 1 aliphatic rings. The Labute approximate surface area is 156 Å². The van der Waals surface area contributed by atoms with Gasteiger partial charge in [-0.3, -0.25) is 9.48 Å². The molecule has 1 atom stereocenters. The van der Waals surface area contributed by atoms with Gasteiger partial charge in [0.15, 0.2) is 0 Å². The van der Waals surface area contributed by atoms with Crippen LogP contribution < -0.4 is 0 Å². The Kier molecular flexibility index (Phi) is 4.86. The molecule has 0 saturated carbocycles. The third-order valence-corrected chi connectivity index (χ3v) is 5.45. The Morgan fingerprint density at radius 3 is 2.81 bits per heavy atom. The summed E-state index contributed by atoms with van der Waals surface area (Å²) in [5.41, 5.74) is 3.81. The van der Waals surface area contributed by atoms with Gasteiger partial charge in [-0.25, -0.2) is 0 Å². The maximum atomic E-state index is 12.5. The predicted molar refractivity (Wildman–Crippen MR) is 101 cm³/mol. The molecule has 0 bridgehead atoms. The van der Waals surface area contributed by atoms with E-state index < -0.39 is 6.10 Å². The number of thiophene rings is 1. The molecule has 0 unspecified atom stereocenters. The highest BCUT2D eigenvalue weighted by Gasteiger charge is 2.24. The average Bonchev–Trinajstić information content (AvgIpc) is 3.31. The second kappa shape index (κ2) is 7.43. The van der Waals surface area contributed by atoms with E-state index in [4.69, 9.17) is 0 Å². The quantitative estimate of drug-likeness (QED) is 0.754. The van der Waals surface area contributed by atoms with E-state index >= 15 is 0 Å². The summed E-state index contributed by atoms with van der Waals surface area (Å²) in [6, 6.07) is 13.8. The van der Waals surface area contributed by atoms with Crippen molar-refractivity contribution in [1.82, 2.24) is 14.7 Å². The molecule has 0 saturated heterocycles. The molecule has 26 heavy (non-hydrogen) atoms. The lowest BCUT2D eigenvalue weighted by molar-refractivity contribution is -0.132. The number of amides is 1. The lowest BCUT2D eigenvalue weighted by Crippen LogP contribution is -2.39. The SMILES string of the molecule is O=C(Cc1ccsc1)N1CCn2nc([C@H](O)Cc3ccccc3)cc2C1. The molecule has 134 valence electrons. The number of aromatic nitrogens is 2. The Bertz CT molecular complexity index is 874. The fourth-order valence-electron chi connectivity index (χ4n) is 3.29. The molecule has 1 N–H and O–H groups in total. The van der Waals surface area contributed by atoms with Gasteiger partial charge in [-0.1, -0.05) is 30.3 Å². The molecule has 1 aromatic carbocycles. The van der Waals surface area contributed by atoms with Crippen LogP contribution in [0, 0.1) is 0 Å². The first kappa shape index (κ1) is 17.0. The Morgan fingerprint density at radius 2 is 2.04 bits per heavy atom. The zero-order chi connectivity index (χ0) is 17.9. The predicted octanol–water partition coefficient (Wildman–Crippen LogP) is 2.81. The summed E-state index contributed by atoms with van der Waals surface area (Å²) in [4.78, 5) is 14.4. The van der Waals surface area contributed by atoms with E-state index in [1.807, 2.05) is 62.8 Å². The van der Waals surface area contributed by atoms with Crippen molar-refractivity contribution in [3.05, 3.63) is 75.7 Å². The summed E-state index contributed by atoms with van der Waals surface area (Å²) in [5.74, 6) is 0.141. The van der Waals surface area contributed by atoms with Gasteiger partial charge in [-0.05, 0) is 34.0 Å². The summed E-state index contributed by atoms with van der Waals surface area (Å²) < 4.78 is 1.91. The van der Waals surface area contributed by atoms with E-state index in [0.717, 1.165) is 16.8 Å². The summed E-state index contributed by atoms with van der Waals surface area (Å²) in [7, 11) is 0. The van der Waals surface area contributed by atoms with Crippen molar-refractivity contribution in [2.24, 2.45) is 0 Å². The molecule has 1 amide bonds. The van der Waals surface area contributed by atoms with Gasteiger partial charge in [0.25, 0.3) is 0 Å². The number of aliphatic hydroxyl groups excluding tert-OH is 1. The molecular formula is C20H21N3O2S. The first-order valence-corrected chi connectivity index (χ1v) is 9.71. The Hall–Kier alpha value is -2.44. The van der Waals surface area contributed by atoms with E-state index in [1.54, 1.807) is 11.3 Å². The average molecular weight is 367 g/mol. The Balaban J connectivity index is 1.42. The zero-order valence-corrected chi connectivity index (χ0v) is 15.2. The van der Waals surface area contributed by atoms with Gasteiger partial charge in [0.2, 0.25) is 5.91 Å². The van der Waals surface area contributed by atoms with Gasteiger partial charge in [0.05, 0.1) is 30.9 Å². The van der Waals surface area contributed by atoms with Gasteiger partial charge in [-0.15, -0.1) is 0 Å². The molecule has 5 nitrogen and oxygen atoms in total. The van der Waals surface area contributed by atoms with Gasteiger partial charge in [0, 0.05) is 13.0 Å². The van der Waals surface area contributed by atoms with Crippen LogP contribution in [0.3, 0.4) is 0 Å². The van der Waals surface area contributed by atoms with Crippen molar-refractivity contribution in [3.8, 4) is 0 Å². The number of carbonyl (C=O) groups excluding carboxylic acids is 1. The van der Waals surface area contributed by atoms with Crippen molar-refractivity contribution in [1.29, 1.82) is 0 Å². The first-order valence-electron chi connectivity index (χ1n) is 8.76. The summed E-state index contributed by atoms with van der Waals surface area (Å²) in [6.45, 7) is 1.88. The summed E-state index contributed by atoms with van der Waals surface area (Å²) in [6.07, 6.45) is 0.352. The smallest absolute Gasteiger partial charge is 0.227 e. The van der Waals surface area contributed by atoms with Crippen LogP contribution in [-0.2, 0) is 30.7 Å². The molecule has 0 radical (unpaired) electrons. The second-order valence-corrected chi connectivity index (χ2v) is 7.39. The van der Waals surface area contributed by atoms with Crippen molar-refractivity contribution >= 4 is 17.2 Å². The molecule has 0 spiro atoms. The highest BCUT2D eigenvalue weighted by Crippen LogP contribution is 2.22. The van der Waals surface area contributed by atoms with Crippen LogP contribution in [0.1, 0.15) is 28.6 Å². The number of nitrogens with zero attached hydrogens (tertiary/aromatic N) is 3. The van der Waals surface area contributed by atoms with Crippen LogP contribution >= 0.6 is 11.3 Å². The normalized spacial score (nSPS) is 14.9. The van der Waals surface area contributed by atoms with Gasteiger partial charge >= 0.3 is 0 Å². The largest absolute Gasteiger partial charge is 0.386 e. The second-order valence-electron chi connectivity index (χ2n) is 6.61. The van der Waals surface area contributed by atoms with Gasteiger partial charge in [-0.2, -0.15) is 16.4 Å².